The second kappa shape index (κ2) is 5.67. The lowest BCUT2D eigenvalue weighted by atomic mass is 10.0. The molecule has 0 bridgehead atoms. The molecule has 0 aromatic heterocycles. The Morgan fingerprint density at radius 2 is 2.00 bits per heavy atom. The van der Waals surface area contributed by atoms with Gasteiger partial charge in [0.1, 0.15) is 0 Å². The number of carbonyl (C=O) groups is 2. The maximum absolute atomic E-state index is 11.4. The second-order valence-electron chi connectivity index (χ2n) is 4.12. The van der Waals surface area contributed by atoms with Crippen molar-refractivity contribution in [3.63, 3.8) is 0 Å². The van der Waals surface area contributed by atoms with Gasteiger partial charge in [-0.15, -0.1) is 0 Å². The lowest BCUT2D eigenvalue weighted by molar-refractivity contribution is -0.127. The van der Waals surface area contributed by atoms with E-state index in [4.69, 9.17) is 16.6 Å². The number of hydrogen-bond acceptors (Lipinski definition) is 4. The molecule has 0 aliphatic carbocycles. The van der Waals surface area contributed by atoms with Gasteiger partial charge in [-0.05, 0) is 20.3 Å². The fourth-order valence-corrected chi connectivity index (χ4v) is 1.08. The predicted molar refractivity (Wildman–Crippen MR) is 55.7 cm³/mol. The number of aliphatic hydroxyl groups excluding tert-OH is 1. The molecule has 0 aromatic carbocycles. The van der Waals surface area contributed by atoms with Crippen LogP contribution in [0.1, 0.15) is 26.7 Å². The van der Waals surface area contributed by atoms with Crippen molar-refractivity contribution in [3.05, 3.63) is 0 Å². The molecule has 0 fully saturated rings. The summed E-state index contributed by atoms with van der Waals surface area (Å²) in [6.07, 6.45) is 0.239. The van der Waals surface area contributed by atoms with Crippen molar-refractivity contribution >= 4 is 11.8 Å². The fourth-order valence-electron chi connectivity index (χ4n) is 1.08. The summed E-state index contributed by atoms with van der Waals surface area (Å²) in [5, 5.41) is 11.4. The van der Waals surface area contributed by atoms with Gasteiger partial charge in [0.25, 0.3) is 0 Å². The first-order valence-electron chi connectivity index (χ1n) is 4.75. The highest BCUT2D eigenvalue weighted by Gasteiger charge is 2.24. The number of amides is 2. The third-order valence-corrected chi connectivity index (χ3v) is 1.96. The molecule has 0 rings (SSSR count). The van der Waals surface area contributed by atoms with Gasteiger partial charge in [0.05, 0.1) is 12.5 Å². The average Bonchev–Trinajstić information content (AvgIpc) is 2.01. The van der Waals surface area contributed by atoms with Gasteiger partial charge in [0, 0.05) is 12.1 Å². The lowest BCUT2D eigenvalue weighted by Crippen LogP contribution is -2.51. The highest BCUT2D eigenvalue weighted by molar-refractivity contribution is 5.87. The van der Waals surface area contributed by atoms with Crippen LogP contribution < -0.4 is 16.8 Å². The van der Waals surface area contributed by atoms with E-state index in [0.717, 1.165) is 0 Å². The van der Waals surface area contributed by atoms with Gasteiger partial charge in [-0.1, -0.05) is 0 Å². The molecular formula is C9H19N3O3. The molecule has 0 heterocycles. The van der Waals surface area contributed by atoms with Crippen LogP contribution in [0.3, 0.4) is 0 Å². The summed E-state index contributed by atoms with van der Waals surface area (Å²) in [7, 11) is 0. The molecule has 0 saturated carbocycles. The first-order chi connectivity index (χ1) is 6.78. The number of nitrogens with one attached hydrogen (secondary N) is 1. The molecule has 88 valence electrons. The molecule has 6 nitrogen and oxygen atoms in total. The van der Waals surface area contributed by atoms with Gasteiger partial charge in [0.15, 0.2) is 0 Å². The normalized spacial score (nSPS) is 13.3. The van der Waals surface area contributed by atoms with Crippen LogP contribution in [0.15, 0.2) is 0 Å². The summed E-state index contributed by atoms with van der Waals surface area (Å²) in [4.78, 5) is 22.0. The summed E-state index contributed by atoms with van der Waals surface area (Å²) in [5.74, 6) is -1.05. The molecule has 2 amide bonds. The summed E-state index contributed by atoms with van der Waals surface area (Å²) in [6.45, 7) is 3.49. The van der Waals surface area contributed by atoms with Gasteiger partial charge in [-0.2, -0.15) is 0 Å². The van der Waals surface area contributed by atoms with E-state index in [2.05, 4.69) is 5.32 Å². The molecule has 1 atom stereocenters. The zero-order chi connectivity index (χ0) is 12.1. The Morgan fingerprint density at radius 1 is 1.47 bits per heavy atom. The molecule has 0 aromatic rings. The van der Waals surface area contributed by atoms with Crippen LogP contribution in [0, 0.1) is 0 Å². The summed E-state index contributed by atoms with van der Waals surface area (Å²) >= 11 is 0. The lowest BCUT2D eigenvalue weighted by Gasteiger charge is -2.26. The van der Waals surface area contributed by atoms with Crippen LogP contribution in [0.4, 0.5) is 0 Å². The highest BCUT2D eigenvalue weighted by atomic mass is 16.3. The second-order valence-corrected chi connectivity index (χ2v) is 4.12. The summed E-state index contributed by atoms with van der Waals surface area (Å²) in [6, 6.07) is -0.930. The molecule has 6 heteroatoms. The van der Waals surface area contributed by atoms with E-state index in [-0.39, 0.29) is 13.0 Å². The van der Waals surface area contributed by atoms with E-state index < -0.39 is 23.4 Å². The molecule has 0 saturated heterocycles. The SMILES string of the molecule is CC(C)(CCO)NC(=O)C(N)CC(N)=O. The topological polar surface area (TPSA) is 118 Å². The minimum absolute atomic E-state index is 0.0294. The summed E-state index contributed by atoms with van der Waals surface area (Å²) < 4.78 is 0. The van der Waals surface area contributed by atoms with E-state index in [1.807, 2.05) is 0 Å². The Morgan fingerprint density at radius 3 is 2.40 bits per heavy atom. The smallest absolute Gasteiger partial charge is 0.237 e. The van der Waals surface area contributed by atoms with Gasteiger partial charge < -0.3 is 21.9 Å². The molecule has 0 spiro atoms. The highest BCUT2D eigenvalue weighted by Crippen LogP contribution is 2.07. The van der Waals surface area contributed by atoms with Crippen molar-refractivity contribution in [2.75, 3.05) is 6.61 Å². The number of nitrogens with two attached hydrogens (primary N) is 2. The van der Waals surface area contributed by atoms with E-state index in [9.17, 15) is 9.59 Å². The number of aliphatic hydroxyl groups is 1. The predicted octanol–water partition coefficient (Wildman–Crippen LogP) is -1.53. The summed E-state index contributed by atoms with van der Waals surface area (Å²) in [5.41, 5.74) is 9.82. The Bertz CT molecular complexity index is 241. The standard InChI is InChI=1S/C9H19N3O3/c1-9(2,3-4-13)12-8(15)6(10)5-7(11)14/h6,13H,3-5,10H2,1-2H3,(H2,11,14)(H,12,15). The number of rotatable bonds is 6. The van der Waals surface area contributed by atoms with Crippen LogP contribution in [0.25, 0.3) is 0 Å². The van der Waals surface area contributed by atoms with Crippen LogP contribution in [-0.4, -0.2) is 35.1 Å². The van der Waals surface area contributed by atoms with E-state index in [0.29, 0.717) is 6.42 Å². The van der Waals surface area contributed by atoms with Crippen LogP contribution in [0.5, 0.6) is 0 Å². The van der Waals surface area contributed by atoms with Gasteiger partial charge in [-0.25, -0.2) is 0 Å². The Kier molecular flexibility index (Phi) is 5.24. The number of hydrogen-bond donors (Lipinski definition) is 4. The van der Waals surface area contributed by atoms with Gasteiger partial charge in [0.2, 0.25) is 11.8 Å². The fraction of sp³-hybridized carbons (Fsp3) is 0.778. The average molecular weight is 217 g/mol. The van der Waals surface area contributed by atoms with Crippen molar-refractivity contribution in [1.82, 2.24) is 5.32 Å². The van der Waals surface area contributed by atoms with Crippen molar-refractivity contribution in [2.24, 2.45) is 11.5 Å². The number of carbonyl (C=O) groups excluding carboxylic acids is 2. The zero-order valence-corrected chi connectivity index (χ0v) is 9.12. The Balaban J connectivity index is 4.17. The third-order valence-electron chi connectivity index (χ3n) is 1.96. The van der Waals surface area contributed by atoms with Crippen molar-refractivity contribution < 1.29 is 14.7 Å². The van der Waals surface area contributed by atoms with Crippen LogP contribution in [-0.2, 0) is 9.59 Å². The minimum atomic E-state index is -0.930. The van der Waals surface area contributed by atoms with Gasteiger partial charge in [-0.3, -0.25) is 9.59 Å². The van der Waals surface area contributed by atoms with Crippen molar-refractivity contribution in [1.29, 1.82) is 0 Å². The zero-order valence-electron chi connectivity index (χ0n) is 9.12. The van der Waals surface area contributed by atoms with Crippen LogP contribution in [0.2, 0.25) is 0 Å². The van der Waals surface area contributed by atoms with E-state index in [1.54, 1.807) is 13.8 Å². The molecule has 0 aliphatic rings. The monoisotopic (exact) mass is 217 g/mol. The quantitative estimate of drug-likeness (QED) is 0.431. The maximum Gasteiger partial charge on any atom is 0.237 e. The van der Waals surface area contributed by atoms with Crippen molar-refractivity contribution in [2.45, 2.75) is 38.3 Å². The van der Waals surface area contributed by atoms with Gasteiger partial charge >= 0.3 is 0 Å². The Hall–Kier alpha value is -1.14. The van der Waals surface area contributed by atoms with E-state index >= 15 is 0 Å². The van der Waals surface area contributed by atoms with E-state index in [1.165, 1.54) is 0 Å². The minimum Gasteiger partial charge on any atom is -0.396 e. The molecule has 1 unspecified atom stereocenters. The Labute approximate surface area is 89.0 Å². The molecule has 0 aliphatic heterocycles. The molecular weight excluding hydrogens is 198 g/mol. The molecule has 6 N–H and O–H groups in total. The first-order valence-corrected chi connectivity index (χ1v) is 4.75. The van der Waals surface area contributed by atoms with Crippen LogP contribution >= 0.6 is 0 Å². The molecule has 0 radical (unpaired) electrons. The molecule has 15 heavy (non-hydrogen) atoms. The van der Waals surface area contributed by atoms with Crippen molar-refractivity contribution in [3.8, 4) is 0 Å². The first kappa shape index (κ1) is 13.9. The third kappa shape index (κ3) is 6.03. The largest absolute Gasteiger partial charge is 0.396 e. The maximum atomic E-state index is 11.4. The number of primary amides is 1.